The Labute approximate surface area is 101 Å². The van der Waals surface area contributed by atoms with Crippen molar-refractivity contribution >= 4 is 16.7 Å². The lowest BCUT2D eigenvalue weighted by Crippen LogP contribution is -2.19. The molecule has 0 fully saturated rings. The van der Waals surface area contributed by atoms with Gasteiger partial charge in [-0.2, -0.15) is 0 Å². The van der Waals surface area contributed by atoms with E-state index in [2.05, 4.69) is 35.4 Å². The van der Waals surface area contributed by atoms with E-state index in [1.54, 1.807) is 7.05 Å². The van der Waals surface area contributed by atoms with Crippen molar-refractivity contribution < 1.29 is 4.79 Å². The van der Waals surface area contributed by atoms with Crippen LogP contribution < -0.4 is 5.32 Å². The van der Waals surface area contributed by atoms with Crippen LogP contribution in [0.4, 0.5) is 0 Å². The van der Waals surface area contributed by atoms with E-state index >= 15 is 0 Å². The van der Waals surface area contributed by atoms with E-state index in [-0.39, 0.29) is 5.78 Å². The Morgan fingerprint density at radius 3 is 2.82 bits per heavy atom. The first-order valence-electron chi connectivity index (χ1n) is 5.96. The molecule has 3 nitrogen and oxygen atoms in total. The fourth-order valence-corrected chi connectivity index (χ4v) is 2.20. The number of aromatic nitrogens is 1. The van der Waals surface area contributed by atoms with Crippen LogP contribution in [-0.2, 0) is 6.42 Å². The van der Waals surface area contributed by atoms with Crippen LogP contribution in [0.1, 0.15) is 28.5 Å². The second kappa shape index (κ2) is 4.72. The van der Waals surface area contributed by atoms with Crippen LogP contribution in [-0.4, -0.2) is 24.4 Å². The molecule has 2 aromatic rings. The van der Waals surface area contributed by atoms with Gasteiger partial charge in [0.2, 0.25) is 0 Å². The molecule has 0 saturated heterocycles. The molecule has 1 aromatic carbocycles. The molecule has 2 N–H and O–H groups in total. The third-order valence-electron chi connectivity index (χ3n) is 3.07. The number of aromatic amines is 1. The third kappa shape index (κ3) is 2.11. The van der Waals surface area contributed by atoms with Gasteiger partial charge in [0.05, 0.1) is 6.54 Å². The van der Waals surface area contributed by atoms with E-state index in [4.69, 9.17) is 0 Å². The van der Waals surface area contributed by atoms with Crippen molar-refractivity contribution in [3.8, 4) is 0 Å². The van der Waals surface area contributed by atoms with Crippen molar-refractivity contribution in [1.29, 1.82) is 0 Å². The predicted octanol–water partition coefficient (Wildman–Crippen LogP) is 2.44. The summed E-state index contributed by atoms with van der Waals surface area (Å²) in [6, 6.07) is 6.27. The highest BCUT2D eigenvalue weighted by Crippen LogP contribution is 2.24. The number of carbonyl (C=O) groups is 1. The van der Waals surface area contributed by atoms with Crippen LogP contribution >= 0.6 is 0 Å². The Kier molecular flexibility index (Phi) is 3.29. The van der Waals surface area contributed by atoms with Gasteiger partial charge in [-0.25, -0.2) is 0 Å². The number of hydrogen-bond donors (Lipinski definition) is 2. The summed E-state index contributed by atoms with van der Waals surface area (Å²) in [7, 11) is 1.79. The van der Waals surface area contributed by atoms with Crippen molar-refractivity contribution in [3.05, 3.63) is 35.0 Å². The first-order chi connectivity index (χ1) is 8.17. The third-order valence-corrected chi connectivity index (χ3v) is 3.07. The molecule has 1 aromatic heterocycles. The summed E-state index contributed by atoms with van der Waals surface area (Å²) < 4.78 is 0. The van der Waals surface area contributed by atoms with Gasteiger partial charge in [-0.15, -0.1) is 0 Å². The van der Waals surface area contributed by atoms with E-state index in [0.29, 0.717) is 6.54 Å². The molecule has 0 spiro atoms. The molecule has 3 heteroatoms. The van der Waals surface area contributed by atoms with Crippen LogP contribution in [0.3, 0.4) is 0 Å². The normalized spacial score (nSPS) is 11.0. The molecule has 0 bridgehead atoms. The van der Waals surface area contributed by atoms with E-state index in [9.17, 15) is 4.79 Å². The topological polar surface area (TPSA) is 44.9 Å². The molecule has 17 heavy (non-hydrogen) atoms. The molecule has 1 heterocycles. The second-order valence-corrected chi connectivity index (χ2v) is 4.31. The van der Waals surface area contributed by atoms with Gasteiger partial charge in [0.15, 0.2) is 5.78 Å². The zero-order valence-corrected chi connectivity index (χ0v) is 10.6. The summed E-state index contributed by atoms with van der Waals surface area (Å²) in [5, 5.41) is 3.96. The number of carbonyl (C=O) groups excluding carboxylic acids is 1. The van der Waals surface area contributed by atoms with Gasteiger partial charge in [-0.1, -0.05) is 13.0 Å². The lowest BCUT2D eigenvalue weighted by atomic mass is 10.0. The molecule has 90 valence electrons. The van der Waals surface area contributed by atoms with Gasteiger partial charge in [-0.3, -0.25) is 4.79 Å². The lowest BCUT2D eigenvalue weighted by molar-refractivity contribution is 0.0994. The van der Waals surface area contributed by atoms with E-state index in [1.165, 1.54) is 5.56 Å². The van der Waals surface area contributed by atoms with Gasteiger partial charge in [0.1, 0.15) is 0 Å². The SMILES string of the molecule is CCc1ccc2[nH]c(C)c(C(=O)CNC)c2c1. The maximum Gasteiger partial charge on any atom is 0.179 e. The minimum atomic E-state index is 0.143. The fourth-order valence-electron chi connectivity index (χ4n) is 2.20. The number of nitrogens with one attached hydrogen (secondary N) is 2. The fraction of sp³-hybridized carbons (Fsp3) is 0.357. The van der Waals surface area contributed by atoms with Crippen molar-refractivity contribution in [2.24, 2.45) is 0 Å². The maximum absolute atomic E-state index is 12.1. The zero-order chi connectivity index (χ0) is 12.4. The summed E-state index contributed by atoms with van der Waals surface area (Å²) in [6.45, 7) is 4.45. The standard InChI is InChI=1S/C14H18N2O/c1-4-10-5-6-12-11(7-10)14(9(2)16-12)13(17)8-15-3/h5-7,15-16H,4,8H2,1-3H3. The van der Waals surface area contributed by atoms with Crippen LogP contribution in [0.2, 0.25) is 0 Å². The number of H-pyrrole nitrogens is 1. The smallest absolute Gasteiger partial charge is 0.179 e. The highest BCUT2D eigenvalue weighted by molar-refractivity contribution is 6.10. The number of Topliss-reactive ketones (excluding diaryl/α,β-unsaturated/α-hetero) is 1. The summed E-state index contributed by atoms with van der Waals surface area (Å²) in [5.74, 6) is 0.143. The summed E-state index contributed by atoms with van der Waals surface area (Å²) in [5.41, 5.74) is 4.08. The maximum atomic E-state index is 12.1. The Hall–Kier alpha value is -1.61. The van der Waals surface area contributed by atoms with Crippen LogP contribution in [0.5, 0.6) is 0 Å². The molecule has 2 rings (SSSR count). The van der Waals surface area contributed by atoms with Gasteiger partial charge in [-0.05, 0) is 38.1 Å². The second-order valence-electron chi connectivity index (χ2n) is 4.31. The number of benzene rings is 1. The quantitative estimate of drug-likeness (QED) is 0.792. The minimum absolute atomic E-state index is 0.143. The first-order valence-corrected chi connectivity index (χ1v) is 5.96. The number of hydrogen-bond acceptors (Lipinski definition) is 2. The van der Waals surface area contributed by atoms with Crippen molar-refractivity contribution in [3.63, 3.8) is 0 Å². The number of ketones is 1. The van der Waals surface area contributed by atoms with Crippen molar-refractivity contribution in [2.75, 3.05) is 13.6 Å². The molecular formula is C14H18N2O. The van der Waals surface area contributed by atoms with Gasteiger partial charge in [0.25, 0.3) is 0 Å². The molecule has 0 unspecified atom stereocenters. The Bertz CT molecular complexity index is 555. The summed E-state index contributed by atoms with van der Waals surface area (Å²) in [4.78, 5) is 15.3. The average molecular weight is 230 g/mol. The Morgan fingerprint density at radius 2 is 2.18 bits per heavy atom. The van der Waals surface area contributed by atoms with Crippen LogP contribution in [0.25, 0.3) is 10.9 Å². The van der Waals surface area contributed by atoms with Crippen molar-refractivity contribution in [1.82, 2.24) is 10.3 Å². The van der Waals surface area contributed by atoms with Gasteiger partial charge >= 0.3 is 0 Å². The lowest BCUT2D eigenvalue weighted by Gasteiger charge is -2.01. The summed E-state index contributed by atoms with van der Waals surface area (Å²) in [6.07, 6.45) is 0.986. The molecular weight excluding hydrogens is 212 g/mol. The zero-order valence-electron chi connectivity index (χ0n) is 10.6. The molecule has 0 amide bonds. The van der Waals surface area contributed by atoms with Crippen LogP contribution in [0, 0.1) is 6.92 Å². The molecule has 0 aliphatic heterocycles. The van der Waals surface area contributed by atoms with E-state index < -0.39 is 0 Å². The average Bonchev–Trinajstić information content (AvgIpc) is 2.64. The molecule has 0 saturated carbocycles. The highest BCUT2D eigenvalue weighted by Gasteiger charge is 2.15. The summed E-state index contributed by atoms with van der Waals surface area (Å²) >= 11 is 0. The van der Waals surface area contributed by atoms with Crippen LogP contribution in [0.15, 0.2) is 18.2 Å². The van der Waals surface area contributed by atoms with Gasteiger partial charge in [0, 0.05) is 22.2 Å². The largest absolute Gasteiger partial charge is 0.358 e. The molecule has 0 radical (unpaired) electrons. The molecule has 0 atom stereocenters. The first kappa shape index (κ1) is 11.9. The van der Waals surface area contributed by atoms with Crippen molar-refractivity contribution in [2.45, 2.75) is 20.3 Å². The number of likely N-dealkylation sites (N-methyl/N-ethyl adjacent to an activating group) is 1. The molecule has 0 aliphatic rings. The molecule has 0 aliphatic carbocycles. The Morgan fingerprint density at radius 1 is 1.41 bits per heavy atom. The minimum Gasteiger partial charge on any atom is -0.358 e. The Balaban J connectivity index is 2.60. The van der Waals surface area contributed by atoms with Gasteiger partial charge < -0.3 is 10.3 Å². The van der Waals surface area contributed by atoms with E-state index in [1.807, 2.05) is 6.92 Å². The number of aryl methyl sites for hydroxylation is 2. The predicted molar refractivity (Wildman–Crippen MR) is 70.7 cm³/mol. The number of rotatable bonds is 4. The number of fused-ring (bicyclic) bond motifs is 1. The van der Waals surface area contributed by atoms with E-state index in [0.717, 1.165) is 28.6 Å². The highest BCUT2D eigenvalue weighted by atomic mass is 16.1. The monoisotopic (exact) mass is 230 g/mol.